The maximum atomic E-state index is 10.9. The van der Waals surface area contributed by atoms with Gasteiger partial charge in [-0.2, -0.15) is 0 Å². The highest BCUT2D eigenvalue weighted by Gasteiger charge is 2.17. The molecule has 2 rings (SSSR count). The fourth-order valence-corrected chi connectivity index (χ4v) is 1.92. The Hall–Kier alpha value is -2.24. The third kappa shape index (κ3) is 2.78. The topological polar surface area (TPSA) is 91.8 Å². The summed E-state index contributed by atoms with van der Waals surface area (Å²) in [6.45, 7) is 5.41. The van der Waals surface area contributed by atoms with Crippen LogP contribution in [0.2, 0.25) is 0 Å². The largest absolute Gasteiger partial charge is 0.481 e. The maximum Gasteiger partial charge on any atom is 0.306 e. The first kappa shape index (κ1) is 13.2. The molecule has 0 aliphatic rings. The zero-order valence-electron chi connectivity index (χ0n) is 11.1. The van der Waals surface area contributed by atoms with Crippen LogP contribution in [0.25, 0.3) is 11.6 Å². The van der Waals surface area contributed by atoms with Crippen LogP contribution in [-0.2, 0) is 11.2 Å². The van der Waals surface area contributed by atoms with Crippen molar-refractivity contribution >= 4 is 5.97 Å². The highest BCUT2D eigenvalue weighted by Crippen LogP contribution is 2.18. The number of carbonyl (C=O) groups is 1. The number of rotatable bonds is 4. The lowest BCUT2D eigenvalue weighted by molar-refractivity contribution is -0.141. The van der Waals surface area contributed by atoms with E-state index in [1.165, 1.54) is 0 Å². The first-order valence-corrected chi connectivity index (χ1v) is 6.05. The second-order valence-electron chi connectivity index (χ2n) is 4.58. The molecule has 1 atom stereocenters. The van der Waals surface area contributed by atoms with Crippen LogP contribution in [0, 0.1) is 19.8 Å². The van der Waals surface area contributed by atoms with Gasteiger partial charge < -0.3 is 10.1 Å². The predicted molar refractivity (Wildman–Crippen MR) is 69.6 cm³/mol. The van der Waals surface area contributed by atoms with E-state index in [0.717, 1.165) is 17.0 Å². The Morgan fingerprint density at radius 2 is 2.00 bits per heavy atom. The monoisotopic (exact) mass is 260 g/mol. The summed E-state index contributed by atoms with van der Waals surface area (Å²) in [5, 5.41) is 8.97. The molecular formula is C13H16N4O2. The number of carboxylic acids is 1. The van der Waals surface area contributed by atoms with E-state index in [2.05, 4.69) is 19.9 Å². The van der Waals surface area contributed by atoms with Crippen molar-refractivity contribution in [3.05, 3.63) is 29.3 Å². The van der Waals surface area contributed by atoms with E-state index in [1.54, 1.807) is 19.3 Å². The zero-order chi connectivity index (χ0) is 14.0. The lowest BCUT2D eigenvalue weighted by Gasteiger charge is -2.12. The van der Waals surface area contributed by atoms with Gasteiger partial charge in [0.2, 0.25) is 0 Å². The number of H-pyrrole nitrogens is 1. The van der Waals surface area contributed by atoms with E-state index >= 15 is 0 Å². The van der Waals surface area contributed by atoms with Crippen LogP contribution < -0.4 is 0 Å². The highest BCUT2D eigenvalue weighted by molar-refractivity contribution is 5.70. The summed E-state index contributed by atoms with van der Waals surface area (Å²) in [4.78, 5) is 26.8. The summed E-state index contributed by atoms with van der Waals surface area (Å²) in [7, 11) is 0. The summed E-state index contributed by atoms with van der Waals surface area (Å²) in [5.74, 6) is -0.111. The lowest BCUT2D eigenvalue weighted by Crippen LogP contribution is -2.15. The standard InChI is InChI=1S/C13H16N4O2/c1-7(13(18)19)6-10-8(2)16-12(17-9(10)3)11-14-4-5-15-11/h4-5,7H,6H2,1-3H3,(H,14,15)(H,18,19). The molecule has 0 bridgehead atoms. The minimum Gasteiger partial charge on any atom is -0.481 e. The smallest absolute Gasteiger partial charge is 0.306 e. The molecule has 2 N–H and O–H groups in total. The van der Waals surface area contributed by atoms with Gasteiger partial charge in [0.05, 0.1) is 5.92 Å². The van der Waals surface area contributed by atoms with Crippen LogP contribution in [0.5, 0.6) is 0 Å². The van der Waals surface area contributed by atoms with Gasteiger partial charge in [-0.05, 0) is 25.8 Å². The van der Waals surface area contributed by atoms with Crippen molar-refractivity contribution in [2.75, 3.05) is 0 Å². The van der Waals surface area contributed by atoms with Crippen molar-refractivity contribution < 1.29 is 9.90 Å². The maximum absolute atomic E-state index is 10.9. The number of nitrogens with zero attached hydrogens (tertiary/aromatic N) is 3. The molecule has 0 aliphatic heterocycles. The van der Waals surface area contributed by atoms with Crippen molar-refractivity contribution in [2.24, 2.45) is 5.92 Å². The van der Waals surface area contributed by atoms with Gasteiger partial charge >= 0.3 is 5.97 Å². The number of carboxylic acid groups (broad SMARTS) is 1. The van der Waals surface area contributed by atoms with Gasteiger partial charge in [0.15, 0.2) is 11.6 Å². The zero-order valence-corrected chi connectivity index (χ0v) is 11.1. The number of aromatic nitrogens is 4. The number of aliphatic carboxylic acids is 1. The highest BCUT2D eigenvalue weighted by atomic mass is 16.4. The van der Waals surface area contributed by atoms with Gasteiger partial charge in [-0.3, -0.25) is 4.79 Å². The van der Waals surface area contributed by atoms with Gasteiger partial charge in [-0.1, -0.05) is 6.92 Å². The normalized spacial score (nSPS) is 12.4. The van der Waals surface area contributed by atoms with Crippen LogP contribution in [0.15, 0.2) is 12.4 Å². The van der Waals surface area contributed by atoms with Crippen molar-refractivity contribution in [3.8, 4) is 11.6 Å². The molecule has 0 spiro atoms. The molecule has 0 amide bonds. The summed E-state index contributed by atoms with van der Waals surface area (Å²) in [6, 6.07) is 0. The minimum absolute atomic E-state index is 0.436. The summed E-state index contributed by atoms with van der Waals surface area (Å²) in [6.07, 6.45) is 3.79. The molecule has 2 aromatic rings. The molecular weight excluding hydrogens is 244 g/mol. The first-order chi connectivity index (χ1) is 8.99. The average Bonchev–Trinajstić information content (AvgIpc) is 2.86. The molecule has 1 unspecified atom stereocenters. The number of hydrogen-bond donors (Lipinski definition) is 2. The number of nitrogens with one attached hydrogen (secondary N) is 1. The van der Waals surface area contributed by atoms with E-state index in [-0.39, 0.29) is 0 Å². The number of imidazole rings is 1. The van der Waals surface area contributed by atoms with E-state index in [1.807, 2.05) is 13.8 Å². The second kappa shape index (κ2) is 5.17. The van der Waals surface area contributed by atoms with E-state index in [0.29, 0.717) is 18.1 Å². The minimum atomic E-state index is -0.811. The van der Waals surface area contributed by atoms with E-state index < -0.39 is 11.9 Å². The molecule has 19 heavy (non-hydrogen) atoms. The quantitative estimate of drug-likeness (QED) is 0.873. The Bertz CT molecular complexity index is 570. The van der Waals surface area contributed by atoms with Crippen molar-refractivity contribution in [2.45, 2.75) is 27.2 Å². The molecule has 0 saturated heterocycles. The molecule has 0 aromatic carbocycles. The van der Waals surface area contributed by atoms with Gasteiger partial charge in [0.1, 0.15) is 0 Å². The Labute approximate surface area is 111 Å². The van der Waals surface area contributed by atoms with Crippen molar-refractivity contribution in [1.29, 1.82) is 0 Å². The van der Waals surface area contributed by atoms with Crippen LogP contribution >= 0.6 is 0 Å². The summed E-state index contributed by atoms with van der Waals surface area (Å²) >= 11 is 0. The van der Waals surface area contributed by atoms with Crippen LogP contribution in [-0.4, -0.2) is 31.0 Å². The second-order valence-corrected chi connectivity index (χ2v) is 4.58. The lowest BCUT2D eigenvalue weighted by atomic mass is 9.99. The van der Waals surface area contributed by atoms with Crippen LogP contribution in [0.3, 0.4) is 0 Å². The molecule has 6 heteroatoms. The Morgan fingerprint density at radius 1 is 1.37 bits per heavy atom. The third-order valence-corrected chi connectivity index (χ3v) is 3.06. The molecule has 2 heterocycles. The summed E-state index contributed by atoms with van der Waals surface area (Å²) in [5.41, 5.74) is 2.49. The Kier molecular flexibility index (Phi) is 3.59. The fourth-order valence-electron chi connectivity index (χ4n) is 1.92. The van der Waals surface area contributed by atoms with Crippen molar-refractivity contribution in [3.63, 3.8) is 0 Å². The summed E-state index contributed by atoms with van der Waals surface area (Å²) < 4.78 is 0. The number of aromatic amines is 1. The molecule has 0 radical (unpaired) electrons. The van der Waals surface area contributed by atoms with Gasteiger partial charge in [0, 0.05) is 23.8 Å². The molecule has 0 fully saturated rings. The molecule has 0 saturated carbocycles. The van der Waals surface area contributed by atoms with Gasteiger partial charge in [-0.15, -0.1) is 0 Å². The molecule has 100 valence electrons. The predicted octanol–water partition coefficient (Wildman–Crippen LogP) is 1.75. The first-order valence-electron chi connectivity index (χ1n) is 6.05. The third-order valence-electron chi connectivity index (χ3n) is 3.06. The Morgan fingerprint density at radius 3 is 2.47 bits per heavy atom. The average molecular weight is 260 g/mol. The van der Waals surface area contributed by atoms with Crippen LogP contribution in [0.1, 0.15) is 23.9 Å². The molecule has 2 aromatic heterocycles. The van der Waals surface area contributed by atoms with Gasteiger partial charge in [-0.25, -0.2) is 15.0 Å². The van der Waals surface area contributed by atoms with E-state index in [4.69, 9.17) is 5.11 Å². The number of hydrogen-bond acceptors (Lipinski definition) is 4. The van der Waals surface area contributed by atoms with E-state index in [9.17, 15) is 4.79 Å². The fraction of sp³-hybridized carbons (Fsp3) is 0.385. The van der Waals surface area contributed by atoms with Crippen LogP contribution in [0.4, 0.5) is 0 Å². The van der Waals surface area contributed by atoms with Crippen molar-refractivity contribution in [1.82, 2.24) is 19.9 Å². The Balaban J connectivity index is 2.35. The number of aryl methyl sites for hydroxylation is 2. The molecule has 6 nitrogen and oxygen atoms in total. The molecule has 0 aliphatic carbocycles. The van der Waals surface area contributed by atoms with Gasteiger partial charge in [0.25, 0.3) is 0 Å². The SMILES string of the molecule is Cc1nc(-c2ncc[nH]2)nc(C)c1CC(C)C(=O)O.